The predicted octanol–water partition coefficient (Wildman–Crippen LogP) is 2.32. The molecule has 4 heteroatoms. The van der Waals surface area contributed by atoms with Crippen LogP contribution in [0.25, 0.3) is 0 Å². The van der Waals surface area contributed by atoms with Crippen molar-refractivity contribution in [1.29, 1.82) is 0 Å². The summed E-state index contributed by atoms with van der Waals surface area (Å²) in [7, 11) is 0. The number of anilines is 1. The van der Waals surface area contributed by atoms with E-state index in [-0.39, 0.29) is 11.4 Å². The lowest BCUT2D eigenvalue weighted by Crippen LogP contribution is -2.17. The summed E-state index contributed by atoms with van der Waals surface area (Å²) in [6.07, 6.45) is 0. The minimum Gasteiger partial charge on any atom is -0.368 e. The smallest absolute Gasteiger partial charge is 0.221 e. The Morgan fingerprint density at radius 3 is 2.23 bits per heavy atom. The van der Waals surface area contributed by atoms with Gasteiger partial charge in [-0.2, -0.15) is 0 Å². The normalized spacial score (nSPS) is 11.8. The van der Waals surface area contributed by atoms with E-state index in [2.05, 4.69) is 30.7 Å². The molecule has 72 valence electrons. The number of hydrogen-bond acceptors (Lipinski definition) is 3. The standard InChI is InChI=1S/C9H14ClN3/c1-5-6(9(2,3)4)12-8(11)13-7(5)10/h1-4H3,(H2,11,12,13). The van der Waals surface area contributed by atoms with E-state index in [0.29, 0.717) is 5.15 Å². The van der Waals surface area contributed by atoms with E-state index in [1.54, 1.807) is 0 Å². The fourth-order valence-electron chi connectivity index (χ4n) is 1.24. The molecule has 2 N–H and O–H groups in total. The van der Waals surface area contributed by atoms with Crippen molar-refractivity contribution in [3.05, 3.63) is 16.4 Å². The summed E-state index contributed by atoms with van der Waals surface area (Å²) < 4.78 is 0. The van der Waals surface area contributed by atoms with Gasteiger partial charge < -0.3 is 5.73 Å². The minimum atomic E-state index is -0.0508. The molecule has 0 atom stereocenters. The van der Waals surface area contributed by atoms with E-state index in [1.807, 2.05) is 6.92 Å². The van der Waals surface area contributed by atoms with Crippen LogP contribution in [0, 0.1) is 6.92 Å². The highest BCUT2D eigenvalue weighted by Crippen LogP contribution is 2.27. The van der Waals surface area contributed by atoms with Crippen LogP contribution in [0.3, 0.4) is 0 Å². The summed E-state index contributed by atoms with van der Waals surface area (Å²) in [6, 6.07) is 0. The van der Waals surface area contributed by atoms with Gasteiger partial charge in [-0.25, -0.2) is 9.97 Å². The molecule has 0 radical (unpaired) electrons. The van der Waals surface area contributed by atoms with Crippen molar-refractivity contribution in [2.45, 2.75) is 33.1 Å². The first-order valence-corrected chi connectivity index (χ1v) is 4.50. The van der Waals surface area contributed by atoms with Gasteiger partial charge in [-0.05, 0) is 6.92 Å². The molecule has 0 bridgehead atoms. The minimum absolute atomic E-state index is 0.0508. The molecule has 1 aromatic heterocycles. The van der Waals surface area contributed by atoms with Crippen molar-refractivity contribution in [3.63, 3.8) is 0 Å². The van der Waals surface area contributed by atoms with E-state index in [9.17, 15) is 0 Å². The van der Waals surface area contributed by atoms with E-state index in [0.717, 1.165) is 11.3 Å². The molecule has 0 spiro atoms. The van der Waals surface area contributed by atoms with Crippen molar-refractivity contribution in [1.82, 2.24) is 9.97 Å². The molecule has 1 aromatic rings. The van der Waals surface area contributed by atoms with Crippen molar-refractivity contribution >= 4 is 17.5 Å². The number of hydrogen-bond donors (Lipinski definition) is 1. The molecular formula is C9H14ClN3. The lowest BCUT2D eigenvalue weighted by molar-refractivity contribution is 0.563. The fraction of sp³-hybridized carbons (Fsp3) is 0.556. The van der Waals surface area contributed by atoms with Crippen LogP contribution < -0.4 is 5.73 Å². The first kappa shape index (κ1) is 10.3. The van der Waals surface area contributed by atoms with Crippen molar-refractivity contribution in [3.8, 4) is 0 Å². The average Bonchev–Trinajstić information content (AvgIpc) is 1.94. The van der Waals surface area contributed by atoms with Gasteiger partial charge in [-0.15, -0.1) is 0 Å². The number of nitrogen functional groups attached to an aromatic ring is 1. The van der Waals surface area contributed by atoms with E-state index in [4.69, 9.17) is 17.3 Å². The molecule has 3 nitrogen and oxygen atoms in total. The Morgan fingerprint density at radius 1 is 1.23 bits per heavy atom. The van der Waals surface area contributed by atoms with Gasteiger partial charge in [0.2, 0.25) is 5.95 Å². The Balaban J connectivity index is 3.37. The quantitative estimate of drug-likeness (QED) is 0.653. The van der Waals surface area contributed by atoms with E-state index in [1.165, 1.54) is 0 Å². The number of nitrogens with two attached hydrogens (primary N) is 1. The monoisotopic (exact) mass is 199 g/mol. The molecule has 1 rings (SSSR count). The zero-order valence-corrected chi connectivity index (χ0v) is 9.11. The Bertz CT molecular complexity index is 328. The van der Waals surface area contributed by atoms with Crippen molar-refractivity contribution < 1.29 is 0 Å². The summed E-state index contributed by atoms with van der Waals surface area (Å²) >= 11 is 5.89. The molecule has 0 aliphatic rings. The van der Waals surface area contributed by atoms with Gasteiger partial charge in [0.15, 0.2) is 0 Å². The summed E-state index contributed by atoms with van der Waals surface area (Å²) in [5, 5.41) is 0.442. The molecular weight excluding hydrogens is 186 g/mol. The molecule has 1 heterocycles. The maximum Gasteiger partial charge on any atom is 0.221 e. The van der Waals surface area contributed by atoms with Crippen LogP contribution in [0.4, 0.5) is 5.95 Å². The zero-order chi connectivity index (χ0) is 10.2. The molecule has 0 aliphatic carbocycles. The zero-order valence-electron chi connectivity index (χ0n) is 8.35. The Morgan fingerprint density at radius 2 is 1.77 bits per heavy atom. The van der Waals surface area contributed by atoms with Gasteiger partial charge in [0.25, 0.3) is 0 Å². The van der Waals surface area contributed by atoms with E-state index >= 15 is 0 Å². The lowest BCUT2D eigenvalue weighted by atomic mass is 9.89. The second-order valence-corrected chi connectivity index (χ2v) is 4.45. The summed E-state index contributed by atoms with van der Waals surface area (Å²) in [5.41, 5.74) is 7.28. The molecule has 0 saturated heterocycles. The highest BCUT2D eigenvalue weighted by atomic mass is 35.5. The van der Waals surface area contributed by atoms with Crippen LogP contribution in [-0.4, -0.2) is 9.97 Å². The SMILES string of the molecule is Cc1c(Cl)nc(N)nc1C(C)(C)C. The van der Waals surface area contributed by atoms with Crippen molar-refractivity contribution in [2.75, 3.05) is 5.73 Å². The number of aromatic nitrogens is 2. The highest BCUT2D eigenvalue weighted by molar-refractivity contribution is 6.30. The second-order valence-electron chi connectivity index (χ2n) is 4.10. The summed E-state index contributed by atoms with van der Waals surface area (Å²) in [4.78, 5) is 8.07. The van der Waals surface area contributed by atoms with Crippen LogP contribution in [0.1, 0.15) is 32.0 Å². The average molecular weight is 200 g/mol. The summed E-state index contributed by atoms with van der Waals surface area (Å²) in [6.45, 7) is 8.11. The van der Waals surface area contributed by atoms with Gasteiger partial charge in [0.1, 0.15) is 5.15 Å². The third-order valence-electron chi connectivity index (χ3n) is 1.81. The first-order chi connectivity index (χ1) is 5.82. The van der Waals surface area contributed by atoms with Crippen LogP contribution in [-0.2, 0) is 5.41 Å². The van der Waals surface area contributed by atoms with Crippen molar-refractivity contribution in [2.24, 2.45) is 0 Å². The Labute approximate surface area is 83.3 Å². The van der Waals surface area contributed by atoms with Gasteiger partial charge in [0, 0.05) is 11.0 Å². The van der Waals surface area contributed by atoms with Gasteiger partial charge in [-0.3, -0.25) is 0 Å². The molecule has 0 aliphatic heterocycles. The number of rotatable bonds is 0. The second kappa shape index (κ2) is 3.14. The third kappa shape index (κ3) is 2.10. The van der Waals surface area contributed by atoms with Crippen LogP contribution in [0.2, 0.25) is 5.15 Å². The molecule has 0 fully saturated rings. The van der Waals surface area contributed by atoms with Crippen LogP contribution in [0.5, 0.6) is 0 Å². The van der Waals surface area contributed by atoms with Gasteiger partial charge in [0.05, 0.1) is 5.69 Å². The fourth-order valence-corrected chi connectivity index (χ4v) is 1.41. The van der Waals surface area contributed by atoms with Gasteiger partial charge in [-0.1, -0.05) is 32.4 Å². The third-order valence-corrected chi connectivity index (χ3v) is 2.18. The maximum absolute atomic E-state index is 5.89. The molecule has 0 aromatic carbocycles. The maximum atomic E-state index is 5.89. The van der Waals surface area contributed by atoms with Crippen LogP contribution in [0.15, 0.2) is 0 Å². The Kier molecular flexibility index (Phi) is 2.48. The molecule has 0 amide bonds. The van der Waals surface area contributed by atoms with E-state index < -0.39 is 0 Å². The predicted molar refractivity (Wildman–Crippen MR) is 54.9 cm³/mol. The topological polar surface area (TPSA) is 51.8 Å². The lowest BCUT2D eigenvalue weighted by Gasteiger charge is -2.20. The van der Waals surface area contributed by atoms with Crippen LogP contribution >= 0.6 is 11.6 Å². The molecule has 13 heavy (non-hydrogen) atoms. The summed E-state index contributed by atoms with van der Waals surface area (Å²) in [5.74, 6) is 0.237. The Hall–Kier alpha value is -0.830. The van der Waals surface area contributed by atoms with Gasteiger partial charge >= 0.3 is 0 Å². The number of nitrogens with zero attached hydrogens (tertiary/aromatic N) is 2. The number of halogens is 1. The first-order valence-electron chi connectivity index (χ1n) is 4.12. The highest BCUT2D eigenvalue weighted by Gasteiger charge is 2.20. The largest absolute Gasteiger partial charge is 0.368 e. The molecule has 0 unspecified atom stereocenters. The molecule has 0 saturated carbocycles.